The van der Waals surface area contributed by atoms with Gasteiger partial charge in [-0.2, -0.15) is 17.6 Å². The fourth-order valence-corrected chi connectivity index (χ4v) is 3.75. The smallest absolute Gasteiger partial charge is 0.267 e. The Kier molecular flexibility index (Phi) is 7.22. The molecule has 5 nitrogen and oxygen atoms in total. The molecule has 0 aliphatic heterocycles. The van der Waals surface area contributed by atoms with E-state index in [-0.39, 0.29) is 16.0 Å². The molecule has 0 heterocycles. The van der Waals surface area contributed by atoms with E-state index in [2.05, 4.69) is 5.43 Å². The van der Waals surface area contributed by atoms with Gasteiger partial charge in [0.1, 0.15) is 0 Å². The predicted molar refractivity (Wildman–Crippen MR) is 114 cm³/mol. The van der Waals surface area contributed by atoms with Crippen molar-refractivity contribution in [2.75, 3.05) is 0 Å². The van der Waals surface area contributed by atoms with E-state index in [0.29, 0.717) is 14.5 Å². The maximum Gasteiger partial charge on any atom is 0.416 e. The van der Waals surface area contributed by atoms with Crippen molar-refractivity contribution in [3.63, 3.8) is 0 Å². The number of hydrogen-bond acceptors (Lipinski definition) is 3. The van der Waals surface area contributed by atoms with Gasteiger partial charge in [-0.1, -0.05) is 23.2 Å². The van der Waals surface area contributed by atoms with Crippen LogP contribution >= 0.6 is 23.2 Å². The molecule has 32 heavy (non-hydrogen) atoms. The molecule has 0 radical (unpaired) electrons. The molecule has 1 atom stereocenters. The highest BCUT2D eigenvalue weighted by atomic mass is 35.5. The maximum absolute atomic E-state index is 13.1. The van der Waals surface area contributed by atoms with Crippen molar-refractivity contribution in [3.8, 4) is 0 Å². The lowest BCUT2D eigenvalue weighted by Crippen LogP contribution is -2.47. The number of alkyl halides is 3. The fourth-order valence-electron chi connectivity index (χ4n) is 2.50. The number of hydrogen-bond donors (Lipinski definition) is 1. The van der Waals surface area contributed by atoms with Gasteiger partial charge >= 0.3 is 6.18 Å². The lowest BCUT2D eigenvalue weighted by atomic mass is 10.2. The predicted octanol–water partition coefficient (Wildman–Crippen LogP) is 5.52. The average Bonchev–Trinajstić information content (AvgIpc) is 2.77. The van der Waals surface area contributed by atoms with E-state index in [9.17, 15) is 27.0 Å². The fraction of sp³-hybridized carbons (Fsp3) is 0.0476. The SMILES string of the molecule is O=C(NN(C(=O)c1ccc(Cl)cc1)S(=O)c1ccc(C(F)(F)F)cc1)c1ccc(Cl)cc1. The molecule has 2 amide bonds. The molecule has 11 heteroatoms. The molecule has 0 fully saturated rings. The van der Waals surface area contributed by atoms with Gasteiger partial charge < -0.3 is 0 Å². The molecule has 1 unspecified atom stereocenters. The second-order valence-corrected chi connectivity index (χ2v) is 8.53. The largest absolute Gasteiger partial charge is 0.416 e. The third-order valence-electron chi connectivity index (χ3n) is 4.13. The van der Waals surface area contributed by atoms with Crippen LogP contribution in [0.3, 0.4) is 0 Å². The number of carbonyl (C=O) groups excluding carboxylic acids is 2. The Hall–Kier alpha value is -2.88. The first-order chi connectivity index (χ1) is 15.1. The number of hydrazine groups is 1. The van der Waals surface area contributed by atoms with Crippen LogP contribution in [0.5, 0.6) is 0 Å². The summed E-state index contributed by atoms with van der Waals surface area (Å²) >= 11 is 11.6. The van der Waals surface area contributed by atoms with Crippen molar-refractivity contribution in [1.29, 1.82) is 0 Å². The minimum Gasteiger partial charge on any atom is -0.267 e. The molecule has 3 aromatic carbocycles. The van der Waals surface area contributed by atoms with Crippen LogP contribution in [-0.4, -0.2) is 20.4 Å². The molecule has 3 rings (SSSR count). The van der Waals surface area contributed by atoms with Crippen LogP contribution in [0, 0.1) is 0 Å². The molecule has 0 aliphatic rings. The standard InChI is InChI=1S/C21H13Cl2F3N2O3S/c22-16-7-1-13(2-8-16)19(29)27-28(20(30)14-3-9-17(23)10-4-14)32(31)18-11-5-15(6-12-18)21(24,25)26/h1-12H,(H,27,29). The third-order valence-corrected chi connectivity index (χ3v) is 5.90. The molecule has 0 saturated carbocycles. The Morgan fingerprint density at radius 3 is 1.72 bits per heavy atom. The Bertz CT molecular complexity index is 1150. The molecule has 3 aromatic rings. The highest BCUT2D eigenvalue weighted by molar-refractivity contribution is 7.83. The van der Waals surface area contributed by atoms with Crippen molar-refractivity contribution in [2.45, 2.75) is 11.1 Å². The lowest BCUT2D eigenvalue weighted by Gasteiger charge is -2.22. The Balaban J connectivity index is 1.94. The molecule has 0 spiro atoms. The summed E-state index contributed by atoms with van der Waals surface area (Å²) in [6.45, 7) is 0. The van der Waals surface area contributed by atoms with Gasteiger partial charge in [0.25, 0.3) is 11.8 Å². The summed E-state index contributed by atoms with van der Waals surface area (Å²) in [7, 11) is -2.37. The van der Waals surface area contributed by atoms with E-state index < -0.39 is 34.5 Å². The molecular formula is C21H13Cl2F3N2O3S. The highest BCUT2D eigenvalue weighted by Gasteiger charge is 2.31. The first-order valence-electron chi connectivity index (χ1n) is 8.82. The summed E-state index contributed by atoms with van der Waals surface area (Å²) in [6.07, 6.45) is -4.58. The Labute approximate surface area is 193 Å². The summed E-state index contributed by atoms with van der Waals surface area (Å²) in [5.74, 6) is -1.63. The van der Waals surface area contributed by atoms with Crippen LogP contribution < -0.4 is 5.43 Å². The molecule has 0 saturated heterocycles. The van der Waals surface area contributed by atoms with E-state index in [1.54, 1.807) is 0 Å². The Morgan fingerprint density at radius 2 is 1.25 bits per heavy atom. The van der Waals surface area contributed by atoms with Gasteiger partial charge in [0.15, 0.2) is 11.0 Å². The quantitative estimate of drug-likeness (QED) is 0.479. The van der Waals surface area contributed by atoms with E-state index in [1.807, 2.05) is 0 Å². The van der Waals surface area contributed by atoms with Crippen molar-refractivity contribution in [3.05, 3.63) is 99.5 Å². The van der Waals surface area contributed by atoms with E-state index in [0.717, 1.165) is 24.3 Å². The topological polar surface area (TPSA) is 66.5 Å². The monoisotopic (exact) mass is 500 g/mol. The number of amides is 2. The summed E-state index contributed by atoms with van der Waals surface area (Å²) < 4.78 is 52.1. The molecule has 0 bridgehead atoms. The van der Waals surface area contributed by atoms with Crippen LogP contribution in [0.1, 0.15) is 26.3 Å². The molecular weight excluding hydrogens is 488 g/mol. The minimum atomic E-state index is -4.58. The van der Waals surface area contributed by atoms with Crippen LogP contribution in [0.15, 0.2) is 77.7 Å². The lowest BCUT2D eigenvalue weighted by molar-refractivity contribution is -0.137. The molecule has 1 N–H and O–H groups in total. The maximum atomic E-state index is 13.1. The van der Waals surface area contributed by atoms with Crippen LogP contribution in [0.4, 0.5) is 13.2 Å². The molecule has 166 valence electrons. The first-order valence-corrected chi connectivity index (χ1v) is 10.7. The van der Waals surface area contributed by atoms with Crippen LogP contribution in [-0.2, 0) is 17.2 Å². The van der Waals surface area contributed by atoms with E-state index in [1.165, 1.54) is 48.5 Å². The van der Waals surface area contributed by atoms with Crippen molar-refractivity contribution in [1.82, 2.24) is 9.84 Å². The first kappa shape index (κ1) is 23.8. The van der Waals surface area contributed by atoms with Gasteiger partial charge in [-0.25, -0.2) is 9.63 Å². The summed E-state index contributed by atoms with van der Waals surface area (Å²) in [4.78, 5) is 25.5. The third kappa shape index (κ3) is 5.67. The normalized spacial score (nSPS) is 12.2. The van der Waals surface area contributed by atoms with Gasteiger partial charge in [0.2, 0.25) is 0 Å². The second kappa shape index (κ2) is 9.72. The van der Waals surface area contributed by atoms with Gasteiger partial charge in [-0.05, 0) is 72.8 Å². The van der Waals surface area contributed by atoms with Gasteiger partial charge in [0, 0.05) is 21.2 Å². The molecule has 0 aliphatic carbocycles. The van der Waals surface area contributed by atoms with Crippen LogP contribution in [0.2, 0.25) is 10.0 Å². The highest BCUT2D eigenvalue weighted by Crippen LogP contribution is 2.29. The van der Waals surface area contributed by atoms with E-state index >= 15 is 0 Å². The van der Waals surface area contributed by atoms with Crippen molar-refractivity contribution >= 4 is 46.0 Å². The van der Waals surface area contributed by atoms with Gasteiger partial charge in [0.05, 0.1) is 10.5 Å². The average molecular weight is 501 g/mol. The van der Waals surface area contributed by atoms with Crippen LogP contribution in [0.25, 0.3) is 0 Å². The summed E-state index contributed by atoms with van der Waals surface area (Å²) in [6, 6.07) is 14.7. The van der Waals surface area contributed by atoms with Gasteiger partial charge in [-0.15, -0.1) is 0 Å². The molecule has 0 aromatic heterocycles. The zero-order valence-corrected chi connectivity index (χ0v) is 18.2. The number of benzene rings is 3. The number of nitrogens with one attached hydrogen (secondary N) is 1. The van der Waals surface area contributed by atoms with Crippen molar-refractivity contribution < 1.29 is 27.0 Å². The van der Waals surface area contributed by atoms with E-state index in [4.69, 9.17) is 23.2 Å². The number of rotatable bonds is 4. The zero-order valence-electron chi connectivity index (χ0n) is 15.9. The van der Waals surface area contributed by atoms with Crippen molar-refractivity contribution in [2.24, 2.45) is 0 Å². The second-order valence-electron chi connectivity index (χ2n) is 6.33. The minimum absolute atomic E-state index is 0.0473. The summed E-state index contributed by atoms with van der Waals surface area (Å²) in [5.41, 5.74) is 1.48. The number of carbonyl (C=O) groups is 2. The Morgan fingerprint density at radius 1 is 0.781 bits per heavy atom. The van der Waals surface area contributed by atoms with Gasteiger partial charge in [-0.3, -0.25) is 9.59 Å². The zero-order chi connectivity index (χ0) is 23.5. The number of halogens is 5. The summed E-state index contributed by atoms with van der Waals surface area (Å²) in [5, 5.41) is 0.728. The number of nitrogens with zero attached hydrogens (tertiary/aromatic N) is 1.